The largest absolute Gasteiger partial charge is 0.463 e. The second-order valence-electron chi connectivity index (χ2n) is 8.52. The van der Waals surface area contributed by atoms with Gasteiger partial charge in [0.25, 0.3) is 5.56 Å². The lowest BCUT2D eigenvalue weighted by molar-refractivity contribution is -0.287. The number of carbonyl (C=O) groups is 2. The predicted octanol–water partition coefficient (Wildman–Crippen LogP) is -2.52. The molecule has 1 aromatic heterocycles. The van der Waals surface area contributed by atoms with E-state index in [1.54, 1.807) is 0 Å². The van der Waals surface area contributed by atoms with Crippen LogP contribution in [0.2, 0.25) is 0 Å². The first-order valence-electron chi connectivity index (χ1n) is 11.2. The Morgan fingerprint density at radius 2 is 1.70 bits per heavy atom. The van der Waals surface area contributed by atoms with Crippen molar-refractivity contribution in [2.45, 2.75) is 75.3 Å². The molecule has 0 saturated carbocycles. The lowest BCUT2D eigenvalue weighted by atomic mass is 9.99. The first-order chi connectivity index (χ1) is 17.5. The lowest BCUT2D eigenvalue weighted by Crippen LogP contribution is -2.58. The minimum Gasteiger partial charge on any atom is -0.463 e. The standard InChI is InChI=1S/C20H27N5O12/c1-8-5-25(20(33)22-18(8)31)12-4-9(23-24-21)10(36-12)6-34-13(26)2-3-14(27)35-7-11-15(28)16(29)17(30)19(32)37-11/h5,9-12,15-17,19,28-30,32H,2-4,6-7H2,1H3,(H,22,31,33)/t9-,10+,11+,12+,15-,16-,17+,19?/m0/s1. The number of aromatic nitrogens is 2. The fourth-order valence-corrected chi connectivity index (χ4v) is 3.79. The summed E-state index contributed by atoms with van der Waals surface area (Å²) in [6.07, 6.45) is -9.32. The summed E-state index contributed by atoms with van der Waals surface area (Å²) in [5.41, 5.74) is 7.82. The van der Waals surface area contributed by atoms with E-state index in [-0.39, 0.29) is 18.6 Å². The second kappa shape index (κ2) is 12.3. The van der Waals surface area contributed by atoms with E-state index in [1.165, 1.54) is 13.1 Å². The highest BCUT2D eigenvalue weighted by Crippen LogP contribution is 2.30. The smallest absolute Gasteiger partial charge is 0.330 e. The van der Waals surface area contributed by atoms with Gasteiger partial charge in [-0.3, -0.25) is 23.9 Å². The minimum absolute atomic E-state index is 0.0828. The number of aryl methyl sites for hydroxylation is 1. The number of hydrogen-bond donors (Lipinski definition) is 5. The molecule has 2 aliphatic heterocycles. The van der Waals surface area contributed by atoms with E-state index in [0.717, 1.165) is 4.57 Å². The summed E-state index contributed by atoms with van der Waals surface area (Å²) in [5.74, 6) is -1.66. The molecule has 0 amide bonds. The van der Waals surface area contributed by atoms with E-state index in [9.17, 15) is 39.6 Å². The maximum atomic E-state index is 12.1. The molecule has 17 heteroatoms. The molecule has 0 aliphatic carbocycles. The van der Waals surface area contributed by atoms with Crippen molar-refractivity contribution < 1.29 is 49.0 Å². The van der Waals surface area contributed by atoms with E-state index in [2.05, 4.69) is 15.0 Å². The molecule has 17 nitrogen and oxygen atoms in total. The molecule has 0 spiro atoms. The molecule has 3 rings (SSSR count). The number of aromatic amines is 1. The van der Waals surface area contributed by atoms with E-state index in [4.69, 9.17) is 24.5 Å². The molecular weight excluding hydrogens is 502 g/mol. The van der Waals surface area contributed by atoms with Crippen LogP contribution in [-0.2, 0) is 28.5 Å². The maximum Gasteiger partial charge on any atom is 0.330 e. The fourth-order valence-electron chi connectivity index (χ4n) is 3.79. The van der Waals surface area contributed by atoms with Gasteiger partial charge in [-0.25, -0.2) is 4.79 Å². The van der Waals surface area contributed by atoms with Crippen LogP contribution in [0.1, 0.15) is 31.1 Å². The second-order valence-corrected chi connectivity index (χ2v) is 8.52. The molecule has 3 heterocycles. The lowest BCUT2D eigenvalue weighted by Gasteiger charge is -2.37. The first-order valence-corrected chi connectivity index (χ1v) is 11.2. The third-order valence-electron chi connectivity index (χ3n) is 5.90. The van der Waals surface area contributed by atoms with Gasteiger partial charge >= 0.3 is 17.6 Å². The summed E-state index contributed by atoms with van der Waals surface area (Å²) in [7, 11) is 0. The minimum atomic E-state index is -1.78. The molecule has 204 valence electrons. The zero-order chi connectivity index (χ0) is 27.3. The number of ether oxygens (including phenoxy) is 4. The Balaban J connectivity index is 1.46. The van der Waals surface area contributed by atoms with Gasteiger partial charge in [-0.2, -0.15) is 0 Å². The maximum absolute atomic E-state index is 12.1. The van der Waals surface area contributed by atoms with Crippen LogP contribution in [0.4, 0.5) is 0 Å². The van der Waals surface area contributed by atoms with Gasteiger partial charge in [0.15, 0.2) is 6.29 Å². The summed E-state index contributed by atoms with van der Waals surface area (Å²) in [5, 5.41) is 42.0. The Morgan fingerprint density at radius 1 is 1.08 bits per heavy atom. The molecule has 5 N–H and O–H groups in total. The van der Waals surface area contributed by atoms with Crippen molar-refractivity contribution in [2.24, 2.45) is 5.11 Å². The normalized spacial score (nSPS) is 31.4. The summed E-state index contributed by atoms with van der Waals surface area (Å²) >= 11 is 0. The van der Waals surface area contributed by atoms with E-state index < -0.39 is 91.7 Å². The predicted molar refractivity (Wildman–Crippen MR) is 118 cm³/mol. The number of nitrogens with one attached hydrogen (secondary N) is 1. The monoisotopic (exact) mass is 529 g/mol. The summed E-state index contributed by atoms with van der Waals surface area (Å²) in [6, 6.07) is -0.780. The third kappa shape index (κ3) is 6.92. The van der Waals surface area contributed by atoms with Crippen LogP contribution >= 0.6 is 0 Å². The van der Waals surface area contributed by atoms with Crippen LogP contribution < -0.4 is 11.2 Å². The van der Waals surface area contributed by atoms with Crippen molar-refractivity contribution >= 4 is 11.9 Å². The Hall–Kier alpha value is -3.31. The van der Waals surface area contributed by atoms with Gasteiger partial charge in [-0.1, -0.05) is 5.11 Å². The van der Waals surface area contributed by atoms with Crippen molar-refractivity contribution in [2.75, 3.05) is 13.2 Å². The van der Waals surface area contributed by atoms with Gasteiger partial charge in [0, 0.05) is 23.1 Å². The van der Waals surface area contributed by atoms with Crippen molar-refractivity contribution in [3.63, 3.8) is 0 Å². The number of esters is 2. The number of rotatable bonds is 9. The van der Waals surface area contributed by atoms with Gasteiger partial charge in [-0.15, -0.1) is 0 Å². The molecule has 2 saturated heterocycles. The third-order valence-corrected chi connectivity index (χ3v) is 5.90. The van der Waals surface area contributed by atoms with Crippen LogP contribution in [0.15, 0.2) is 20.9 Å². The van der Waals surface area contributed by atoms with Crippen molar-refractivity contribution in [3.05, 3.63) is 43.0 Å². The van der Waals surface area contributed by atoms with E-state index in [1.807, 2.05) is 0 Å². The zero-order valence-electron chi connectivity index (χ0n) is 19.6. The summed E-state index contributed by atoms with van der Waals surface area (Å²) in [6.45, 7) is 0.607. The molecule has 1 aromatic rings. The molecule has 2 aliphatic rings. The number of hydrogen-bond acceptors (Lipinski definition) is 13. The number of aliphatic hydroxyl groups excluding tert-OH is 4. The van der Waals surface area contributed by atoms with Crippen LogP contribution in [0, 0.1) is 6.92 Å². The van der Waals surface area contributed by atoms with Gasteiger partial charge in [0.05, 0.1) is 18.9 Å². The molecular formula is C20H27N5O12. The fraction of sp³-hybridized carbons (Fsp3) is 0.700. The molecule has 0 radical (unpaired) electrons. The Labute approximate surface area is 207 Å². The van der Waals surface area contributed by atoms with E-state index >= 15 is 0 Å². The number of nitrogens with zero attached hydrogens (tertiary/aromatic N) is 4. The van der Waals surface area contributed by atoms with Crippen LogP contribution in [0.5, 0.6) is 0 Å². The van der Waals surface area contributed by atoms with Gasteiger partial charge in [0.1, 0.15) is 50.0 Å². The van der Waals surface area contributed by atoms with Crippen LogP contribution in [0.3, 0.4) is 0 Å². The zero-order valence-corrected chi connectivity index (χ0v) is 19.6. The molecule has 0 aromatic carbocycles. The Bertz CT molecular complexity index is 1150. The SMILES string of the molecule is Cc1cn([C@H]2C[C@H](N=[N+]=[N-])[C@@H](COC(=O)CCC(=O)OC[C@H]3OC(O)[C@H](O)[C@@H](O)[C@H]3O)O2)c(=O)[nH]c1=O. The van der Waals surface area contributed by atoms with Crippen LogP contribution in [0.25, 0.3) is 10.4 Å². The molecule has 0 bridgehead atoms. The highest BCUT2D eigenvalue weighted by atomic mass is 16.7. The molecule has 37 heavy (non-hydrogen) atoms. The van der Waals surface area contributed by atoms with Crippen molar-refractivity contribution in [1.29, 1.82) is 0 Å². The van der Waals surface area contributed by atoms with Gasteiger partial charge in [0.2, 0.25) is 0 Å². The molecule has 2 fully saturated rings. The number of H-pyrrole nitrogens is 1. The molecule has 1 unspecified atom stereocenters. The molecule has 8 atom stereocenters. The highest BCUT2D eigenvalue weighted by molar-refractivity contribution is 5.77. The number of aliphatic hydroxyl groups is 4. The quantitative estimate of drug-likeness (QED) is 0.0961. The first kappa shape index (κ1) is 28.3. The number of carbonyl (C=O) groups excluding carboxylic acids is 2. The average molecular weight is 529 g/mol. The topological polar surface area (TPSA) is 256 Å². The van der Waals surface area contributed by atoms with E-state index in [0.29, 0.717) is 0 Å². The van der Waals surface area contributed by atoms with Gasteiger partial charge < -0.3 is 39.4 Å². The van der Waals surface area contributed by atoms with Gasteiger partial charge in [-0.05, 0) is 12.5 Å². The average Bonchev–Trinajstić information content (AvgIpc) is 3.26. The Morgan fingerprint density at radius 3 is 2.32 bits per heavy atom. The van der Waals surface area contributed by atoms with Crippen molar-refractivity contribution in [3.8, 4) is 0 Å². The number of azide groups is 1. The summed E-state index contributed by atoms with van der Waals surface area (Å²) in [4.78, 5) is 52.6. The summed E-state index contributed by atoms with van der Waals surface area (Å²) < 4.78 is 21.7. The Kier molecular flexibility index (Phi) is 9.39. The highest BCUT2D eigenvalue weighted by Gasteiger charge is 2.43. The van der Waals surface area contributed by atoms with Crippen LogP contribution in [-0.4, -0.2) is 98.0 Å². The van der Waals surface area contributed by atoms with Crippen molar-refractivity contribution in [1.82, 2.24) is 9.55 Å².